The first-order chi connectivity index (χ1) is 16.7. The van der Waals surface area contributed by atoms with Gasteiger partial charge in [-0.15, -0.1) is 0 Å². The van der Waals surface area contributed by atoms with E-state index in [1.807, 2.05) is 87.0 Å². The Bertz CT molecular complexity index is 1100. The number of aromatic nitrogens is 2. The SMILES string of the molecule is COc1cccc(Oc2c(CN(C[C@@H](O)COC(C)(C)C)C3CC3)c(C)nn2-c2ccccc2)c1. The predicted molar refractivity (Wildman–Crippen MR) is 137 cm³/mol. The van der Waals surface area contributed by atoms with Gasteiger partial charge in [-0.3, -0.25) is 4.90 Å². The minimum Gasteiger partial charge on any atom is -0.497 e. The second-order valence-electron chi connectivity index (χ2n) is 10.1. The molecule has 0 radical (unpaired) electrons. The molecule has 1 fully saturated rings. The van der Waals surface area contributed by atoms with Gasteiger partial charge in [0.1, 0.15) is 11.5 Å². The van der Waals surface area contributed by atoms with E-state index in [-0.39, 0.29) is 5.60 Å². The highest BCUT2D eigenvalue weighted by Gasteiger charge is 2.33. The number of nitrogens with zero attached hydrogens (tertiary/aromatic N) is 3. The third kappa shape index (κ3) is 6.84. The molecule has 1 aliphatic carbocycles. The fraction of sp³-hybridized carbons (Fsp3) is 0.464. The molecule has 1 aromatic heterocycles. The first-order valence-electron chi connectivity index (χ1n) is 12.3. The Morgan fingerprint density at radius 2 is 1.80 bits per heavy atom. The van der Waals surface area contributed by atoms with Gasteiger partial charge < -0.3 is 19.3 Å². The average Bonchev–Trinajstić information content (AvgIpc) is 3.64. The standard InChI is InChI=1S/C28H37N3O4/c1-20-26(18-30(21-14-15-21)17-23(32)19-34-28(2,3)4)27(31(29-20)22-10-7-6-8-11-22)35-25-13-9-12-24(16-25)33-5/h6-13,16,21,23,32H,14-15,17-19H2,1-5H3/t23-/m1/s1. The van der Waals surface area contributed by atoms with Crippen molar-refractivity contribution >= 4 is 0 Å². The Morgan fingerprint density at radius 3 is 2.46 bits per heavy atom. The van der Waals surface area contributed by atoms with Crippen LogP contribution in [0.4, 0.5) is 0 Å². The van der Waals surface area contributed by atoms with Gasteiger partial charge in [-0.05, 0) is 64.8 Å². The van der Waals surface area contributed by atoms with Crippen LogP contribution in [0.5, 0.6) is 17.4 Å². The number of hydrogen-bond acceptors (Lipinski definition) is 6. The molecule has 1 aliphatic rings. The van der Waals surface area contributed by atoms with E-state index < -0.39 is 6.10 Å². The molecule has 0 amide bonds. The summed E-state index contributed by atoms with van der Waals surface area (Å²) in [5.74, 6) is 2.08. The van der Waals surface area contributed by atoms with E-state index in [1.165, 1.54) is 0 Å². The van der Waals surface area contributed by atoms with Gasteiger partial charge in [0.25, 0.3) is 0 Å². The Kier molecular flexibility index (Phi) is 7.79. The monoisotopic (exact) mass is 479 g/mol. The lowest BCUT2D eigenvalue weighted by Gasteiger charge is -2.27. The van der Waals surface area contributed by atoms with Crippen LogP contribution in [0.2, 0.25) is 0 Å². The van der Waals surface area contributed by atoms with Crippen molar-refractivity contribution in [1.82, 2.24) is 14.7 Å². The zero-order valence-corrected chi connectivity index (χ0v) is 21.4. The summed E-state index contributed by atoms with van der Waals surface area (Å²) >= 11 is 0. The number of rotatable bonds is 11. The molecule has 3 aromatic rings. The summed E-state index contributed by atoms with van der Waals surface area (Å²) in [5, 5.41) is 15.6. The van der Waals surface area contributed by atoms with E-state index in [0.717, 1.165) is 35.5 Å². The molecule has 0 bridgehead atoms. The number of hydrogen-bond donors (Lipinski definition) is 1. The first-order valence-corrected chi connectivity index (χ1v) is 12.3. The van der Waals surface area contributed by atoms with Gasteiger partial charge in [0.15, 0.2) is 0 Å². The van der Waals surface area contributed by atoms with E-state index in [2.05, 4.69) is 4.90 Å². The lowest BCUT2D eigenvalue weighted by Crippen LogP contribution is -2.38. The van der Waals surface area contributed by atoms with E-state index in [4.69, 9.17) is 19.3 Å². The van der Waals surface area contributed by atoms with Gasteiger partial charge in [0.05, 0.1) is 42.4 Å². The highest BCUT2D eigenvalue weighted by Crippen LogP contribution is 2.35. The van der Waals surface area contributed by atoms with Crippen LogP contribution in [0.15, 0.2) is 54.6 Å². The van der Waals surface area contributed by atoms with Crippen molar-refractivity contribution in [2.75, 3.05) is 20.3 Å². The highest BCUT2D eigenvalue weighted by molar-refractivity contribution is 5.44. The van der Waals surface area contributed by atoms with Crippen molar-refractivity contribution in [2.24, 2.45) is 0 Å². The Balaban J connectivity index is 1.63. The fourth-order valence-electron chi connectivity index (χ4n) is 4.00. The number of methoxy groups -OCH3 is 1. The average molecular weight is 480 g/mol. The van der Waals surface area contributed by atoms with Gasteiger partial charge in [0.2, 0.25) is 5.88 Å². The molecule has 1 N–H and O–H groups in total. The van der Waals surface area contributed by atoms with Crippen molar-refractivity contribution in [3.63, 3.8) is 0 Å². The van der Waals surface area contributed by atoms with E-state index >= 15 is 0 Å². The summed E-state index contributed by atoms with van der Waals surface area (Å²) in [4.78, 5) is 2.33. The van der Waals surface area contributed by atoms with Crippen molar-refractivity contribution in [3.8, 4) is 23.1 Å². The Morgan fingerprint density at radius 1 is 1.09 bits per heavy atom. The van der Waals surface area contributed by atoms with Crippen LogP contribution >= 0.6 is 0 Å². The van der Waals surface area contributed by atoms with Crippen molar-refractivity contribution in [1.29, 1.82) is 0 Å². The number of aryl methyl sites for hydroxylation is 1. The molecular weight excluding hydrogens is 442 g/mol. The minimum absolute atomic E-state index is 0.281. The normalized spacial score (nSPS) is 14.8. The fourth-order valence-corrected chi connectivity index (χ4v) is 4.00. The van der Waals surface area contributed by atoms with E-state index in [1.54, 1.807) is 7.11 Å². The van der Waals surface area contributed by atoms with E-state index in [0.29, 0.717) is 37.4 Å². The summed E-state index contributed by atoms with van der Waals surface area (Å²) in [7, 11) is 1.64. The quantitative estimate of drug-likeness (QED) is 0.412. The zero-order valence-electron chi connectivity index (χ0n) is 21.4. The summed E-state index contributed by atoms with van der Waals surface area (Å²) in [6.07, 6.45) is 1.69. The van der Waals surface area contributed by atoms with Crippen LogP contribution in [0.25, 0.3) is 5.69 Å². The van der Waals surface area contributed by atoms with E-state index in [9.17, 15) is 5.11 Å². The van der Waals surface area contributed by atoms with Crippen molar-refractivity contribution in [3.05, 3.63) is 65.9 Å². The summed E-state index contributed by atoms with van der Waals surface area (Å²) in [6.45, 7) is 9.50. The molecule has 0 unspecified atom stereocenters. The third-order valence-corrected chi connectivity index (χ3v) is 5.97. The molecule has 1 heterocycles. The van der Waals surface area contributed by atoms with Gasteiger partial charge in [-0.25, -0.2) is 4.68 Å². The second-order valence-corrected chi connectivity index (χ2v) is 10.1. The molecule has 1 atom stereocenters. The van der Waals surface area contributed by atoms with Gasteiger partial charge >= 0.3 is 0 Å². The maximum absolute atomic E-state index is 10.7. The lowest BCUT2D eigenvalue weighted by molar-refractivity contribution is -0.0573. The lowest BCUT2D eigenvalue weighted by atomic mass is 10.2. The van der Waals surface area contributed by atoms with Crippen LogP contribution in [-0.2, 0) is 11.3 Å². The highest BCUT2D eigenvalue weighted by atomic mass is 16.5. The first kappa shape index (κ1) is 25.2. The Hall–Kier alpha value is -2.87. The van der Waals surface area contributed by atoms with Crippen molar-refractivity contribution in [2.45, 2.75) is 64.8 Å². The topological polar surface area (TPSA) is 69.0 Å². The molecule has 0 saturated heterocycles. The molecule has 0 spiro atoms. The molecule has 0 aliphatic heterocycles. The maximum Gasteiger partial charge on any atom is 0.227 e. The molecule has 2 aromatic carbocycles. The third-order valence-electron chi connectivity index (χ3n) is 5.97. The van der Waals surface area contributed by atoms with Gasteiger partial charge in [-0.1, -0.05) is 24.3 Å². The number of para-hydroxylation sites is 1. The zero-order chi connectivity index (χ0) is 25.0. The minimum atomic E-state index is -0.568. The summed E-state index contributed by atoms with van der Waals surface area (Å²) < 4.78 is 19.5. The number of aliphatic hydroxyl groups is 1. The van der Waals surface area contributed by atoms with Crippen LogP contribution in [0, 0.1) is 6.92 Å². The molecule has 7 nitrogen and oxygen atoms in total. The number of aliphatic hydroxyl groups excluding tert-OH is 1. The smallest absolute Gasteiger partial charge is 0.227 e. The summed E-state index contributed by atoms with van der Waals surface area (Å²) in [6, 6.07) is 18.0. The molecular formula is C28H37N3O4. The largest absolute Gasteiger partial charge is 0.497 e. The van der Waals surface area contributed by atoms with Crippen LogP contribution in [-0.4, -0.2) is 57.8 Å². The van der Waals surface area contributed by atoms with Gasteiger partial charge in [-0.2, -0.15) is 5.10 Å². The van der Waals surface area contributed by atoms with Crippen molar-refractivity contribution < 1.29 is 19.3 Å². The van der Waals surface area contributed by atoms with Crippen LogP contribution in [0.3, 0.4) is 0 Å². The van der Waals surface area contributed by atoms with Crippen LogP contribution < -0.4 is 9.47 Å². The predicted octanol–water partition coefficient (Wildman–Crippen LogP) is 5.12. The van der Waals surface area contributed by atoms with Crippen LogP contribution in [0.1, 0.15) is 44.9 Å². The molecule has 1 saturated carbocycles. The van der Waals surface area contributed by atoms with Gasteiger partial charge in [0, 0.05) is 25.2 Å². The summed E-state index contributed by atoms with van der Waals surface area (Å²) in [5.41, 5.74) is 2.55. The second kappa shape index (κ2) is 10.8. The molecule has 35 heavy (non-hydrogen) atoms. The number of ether oxygens (including phenoxy) is 3. The molecule has 188 valence electrons. The Labute approximate surface area is 208 Å². The maximum atomic E-state index is 10.7. The number of benzene rings is 2. The molecule has 4 rings (SSSR count). The molecule has 7 heteroatoms.